The van der Waals surface area contributed by atoms with E-state index in [1.54, 1.807) is 6.92 Å². The van der Waals surface area contributed by atoms with Crippen molar-refractivity contribution in [3.63, 3.8) is 0 Å². The maximum atomic E-state index is 12.3. The van der Waals surface area contributed by atoms with Gasteiger partial charge in [0.05, 0.1) is 5.56 Å². The van der Waals surface area contributed by atoms with Crippen LogP contribution in [-0.2, 0) is 11.2 Å². The number of H-pyrrole nitrogens is 1. The zero-order valence-corrected chi connectivity index (χ0v) is 12.1. The largest absolute Gasteiger partial charge is 0.310 e. The highest BCUT2D eigenvalue weighted by atomic mass is 16.2. The second kappa shape index (κ2) is 5.16. The van der Waals surface area contributed by atoms with Crippen LogP contribution < -0.4 is 10.9 Å². The monoisotopic (exact) mass is 283 g/mol. The van der Waals surface area contributed by atoms with Crippen LogP contribution in [-0.4, -0.2) is 15.9 Å². The third-order valence-electron chi connectivity index (χ3n) is 3.86. The van der Waals surface area contributed by atoms with Crippen LogP contribution in [0.3, 0.4) is 0 Å². The van der Waals surface area contributed by atoms with E-state index < -0.39 is 0 Å². The van der Waals surface area contributed by atoms with Gasteiger partial charge >= 0.3 is 0 Å². The van der Waals surface area contributed by atoms with Crippen molar-refractivity contribution in [3.05, 3.63) is 57.1 Å². The van der Waals surface area contributed by atoms with Crippen LogP contribution in [0.5, 0.6) is 0 Å². The Kier molecular flexibility index (Phi) is 3.33. The van der Waals surface area contributed by atoms with Crippen LogP contribution in [0.15, 0.2) is 29.1 Å². The van der Waals surface area contributed by atoms with Crippen LogP contribution >= 0.6 is 0 Å². The Morgan fingerprint density at radius 1 is 1.24 bits per heavy atom. The lowest BCUT2D eigenvalue weighted by Gasteiger charge is -2.24. The van der Waals surface area contributed by atoms with Crippen molar-refractivity contribution in [2.45, 2.75) is 32.6 Å². The number of hydrogen-bond acceptors (Lipinski definition) is 3. The highest BCUT2D eigenvalue weighted by Crippen LogP contribution is 2.33. The van der Waals surface area contributed by atoms with Crippen molar-refractivity contribution in [2.75, 3.05) is 5.32 Å². The number of aryl methyl sites for hydroxylation is 2. The number of aromatic amines is 1. The van der Waals surface area contributed by atoms with Crippen LogP contribution in [0.25, 0.3) is 0 Å². The maximum absolute atomic E-state index is 12.3. The van der Waals surface area contributed by atoms with E-state index in [9.17, 15) is 9.59 Å². The van der Waals surface area contributed by atoms with E-state index in [-0.39, 0.29) is 23.8 Å². The van der Waals surface area contributed by atoms with Crippen molar-refractivity contribution in [2.24, 2.45) is 0 Å². The molecule has 0 fully saturated rings. The molecule has 0 radical (unpaired) electrons. The molecule has 21 heavy (non-hydrogen) atoms. The number of benzene rings is 1. The Bertz CT molecular complexity index is 747. The topological polar surface area (TPSA) is 74.8 Å². The molecule has 2 N–H and O–H groups in total. The zero-order valence-electron chi connectivity index (χ0n) is 12.1. The Hall–Kier alpha value is -2.43. The molecule has 1 aromatic heterocycles. The standard InChI is InChI=1S/C16H17N3O2/c1-3-10-4-6-11(7-5-10)12-8-13(20)19-15-14(12)16(21)18-9(2)17-15/h4-7,12H,3,8H2,1-2H3,(H2,17,18,19,20,21). The van der Waals surface area contributed by atoms with E-state index in [0.717, 1.165) is 12.0 Å². The van der Waals surface area contributed by atoms with Crippen LogP contribution in [0.1, 0.15) is 41.8 Å². The van der Waals surface area contributed by atoms with E-state index in [2.05, 4.69) is 22.2 Å². The third-order valence-corrected chi connectivity index (χ3v) is 3.86. The van der Waals surface area contributed by atoms with Gasteiger partial charge in [0.25, 0.3) is 5.56 Å². The first-order chi connectivity index (χ1) is 10.1. The number of nitrogens with one attached hydrogen (secondary N) is 2. The van der Waals surface area contributed by atoms with Crippen molar-refractivity contribution < 1.29 is 4.79 Å². The van der Waals surface area contributed by atoms with Crippen molar-refractivity contribution >= 4 is 11.7 Å². The minimum absolute atomic E-state index is 0.107. The Labute approximate surface area is 122 Å². The highest BCUT2D eigenvalue weighted by Gasteiger charge is 2.30. The molecule has 3 rings (SSSR count). The lowest BCUT2D eigenvalue weighted by molar-refractivity contribution is -0.116. The molecule has 1 atom stereocenters. The molecule has 0 aliphatic carbocycles. The molecular weight excluding hydrogens is 266 g/mol. The summed E-state index contributed by atoms with van der Waals surface area (Å²) < 4.78 is 0. The molecule has 1 aromatic carbocycles. The quantitative estimate of drug-likeness (QED) is 0.886. The Morgan fingerprint density at radius 3 is 2.62 bits per heavy atom. The van der Waals surface area contributed by atoms with Crippen molar-refractivity contribution in [3.8, 4) is 0 Å². The SMILES string of the molecule is CCc1ccc(C2CC(=O)Nc3nc(C)[nH]c(=O)c32)cc1. The lowest BCUT2D eigenvalue weighted by Crippen LogP contribution is -2.31. The summed E-state index contributed by atoms with van der Waals surface area (Å²) in [5, 5.41) is 2.69. The highest BCUT2D eigenvalue weighted by molar-refractivity contribution is 5.94. The summed E-state index contributed by atoms with van der Waals surface area (Å²) in [4.78, 5) is 31.1. The molecule has 2 aromatic rings. The molecule has 0 saturated heterocycles. The first-order valence-electron chi connectivity index (χ1n) is 7.08. The van der Waals surface area contributed by atoms with E-state index in [1.165, 1.54) is 5.56 Å². The summed E-state index contributed by atoms with van der Waals surface area (Å²) in [6.45, 7) is 3.79. The molecule has 0 saturated carbocycles. The van der Waals surface area contributed by atoms with E-state index in [0.29, 0.717) is 17.2 Å². The number of aromatic nitrogens is 2. The van der Waals surface area contributed by atoms with Gasteiger partial charge in [-0.05, 0) is 24.5 Å². The lowest BCUT2D eigenvalue weighted by atomic mass is 9.86. The van der Waals surface area contributed by atoms with Gasteiger partial charge in [-0.3, -0.25) is 9.59 Å². The average Bonchev–Trinajstić information content (AvgIpc) is 2.45. The molecule has 1 unspecified atom stereocenters. The van der Waals surface area contributed by atoms with Crippen LogP contribution in [0, 0.1) is 6.92 Å². The number of carbonyl (C=O) groups excluding carboxylic acids is 1. The smallest absolute Gasteiger partial charge is 0.256 e. The predicted molar refractivity (Wildman–Crippen MR) is 80.5 cm³/mol. The predicted octanol–water partition coefficient (Wildman–Crippen LogP) is 2.11. The molecule has 108 valence electrons. The number of fused-ring (bicyclic) bond motifs is 1. The van der Waals surface area contributed by atoms with Gasteiger partial charge in [0.1, 0.15) is 11.6 Å². The molecule has 5 heteroatoms. The summed E-state index contributed by atoms with van der Waals surface area (Å²) in [6, 6.07) is 8.06. The van der Waals surface area contributed by atoms with E-state index in [1.807, 2.05) is 24.3 Å². The molecule has 5 nitrogen and oxygen atoms in total. The summed E-state index contributed by atoms with van der Waals surface area (Å²) in [7, 11) is 0. The summed E-state index contributed by atoms with van der Waals surface area (Å²) in [6.07, 6.45) is 1.23. The van der Waals surface area contributed by atoms with Crippen molar-refractivity contribution in [1.82, 2.24) is 9.97 Å². The van der Waals surface area contributed by atoms with Gasteiger partial charge < -0.3 is 10.3 Å². The first kappa shape index (κ1) is 13.5. The van der Waals surface area contributed by atoms with Gasteiger partial charge in [-0.15, -0.1) is 0 Å². The Balaban J connectivity index is 2.12. The minimum Gasteiger partial charge on any atom is -0.310 e. The minimum atomic E-state index is -0.239. The normalized spacial score (nSPS) is 17.2. The van der Waals surface area contributed by atoms with Crippen molar-refractivity contribution in [1.29, 1.82) is 0 Å². The number of carbonyl (C=O) groups is 1. The molecular formula is C16H17N3O2. The molecule has 0 spiro atoms. The molecule has 1 aliphatic rings. The fourth-order valence-electron chi connectivity index (χ4n) is 2.75. The number of amides is 1. The molecule has 0 bridgehead atoms. The zero-order chi connectivity index (χ0) is 15.0. The van der Waals surface area contributed by atoms with Crippen LogP contribution in [0.4, 0.5) is 5.82 Å². The molecule has 1 aliphatic heterocycles. The summed E-state index contributed by atoms with van der Waals surface area (Å²) in [5.74, 6) is 0.541. The molecule has 2 heterocycles. The van der Waals surface area contributed by atoms with Gasteiger partial charge in [-0.2, -0.15) is 0 Å². The number of rotatable bonds is 2. The second-order valence-electron chi connectivity index (χ2n) is 5.31. The number of anilines is 1. The van der Waals surface area contributed by atoms with Gasteiger partial charge in [0, 0.05) is 12.3 Å². The summed E-state index contributed by atoms with van der Waals surface area (Å²) in [5.41, 5.74) is 2.57. The third kappa shape index (κ3) is 2.46. The second-order valence-corrected chi connectivity index (χ2v) is 5.31. The molecule has 1 amide bonds. The summed E-state index contributed by atoms with van der Waals surface area (Å²) >= 11 is 0. The van der Waals surface area contributed by atoms with Gasteiger partial charge in [-0.25, -0.2) is 4.98 Å². The first-order valence-corrected chi connectivity index (χ1v) is 7.08. The average molecular weight is 283 g/mol. The Morgan fingerprint density at radius 2 is 1.95 bits per heavy atom. The van der Waals surface area contributed by atoms with E-state index >= 15 is 0 Å². The maximum Gasteiger partial charge on any atom is 0.256 e. The van der Waals surface area contributed by atoms with E-state index in [4.69, 9.17) is 0 Å². The van der Waals surface area contributed by atoms with Crippen LogP contribution in [0.2, 0.25) is 0 Å². The van der Waals surface area contributed by atoms with Gasteiger partial charge in [0.15, 0.2) is 0 Å². The number of hydrogen-bond donors (Lipinski definition) is 2. The fourth-order valence-corrected chi connectivity index (χ4v) is 2.75. The number of nitrogens with zero attached hydrogens (tertiary/aromatic N) is 1. The fraction of sp³-hybridized carbons (Fsp3) is 0.312. The van der Waals surface area contributed by atoms with Gasteiger partial charge in [-0.1, -0.05) is 31.2 Å². The van der Waals surface area contributed by atoms with Gasteiger partial charge in [0.2, 0.25) is 5.91 Å².